The quantitative estimate of drug-likeness (QED) is 0.720. The Bertz CT molecular complexity index is 809. The number of rotatable bonds is 2. The SMILES string of the molecule is CC(C)(C)OC(=O)N1C2CCC(C2)[C@H]1c1ncc(-c2ccc(Br)cc2)[nH]1. The summed E-state index contributed by atoms with van der Waals surface area (Å²) in [6.07, 6.45) is 4.87. The molecule has 4 rings (SSSR count). The van der Waals surface area contributed by atoms with Crippen LogP contribution in [-0.4, -0.2) is 32.6 Å². The zero-order chi connectivity index (χ0) is 18.5. The van der Waals surface area contributed by atoms with Crippen molar-refractivity contribution in [3.63, 3.8) is 0 Å². The van der Waals surface area contributed by atoms with Gasteiger partial charge >= 0.3 is 6.09 Å². The summed E-state index contributed by atoms with van der Waals surface area (Å²) in [4.78, 5) is 22.8. The molecule has 2 aromatic rings. The molecule has 2 bridgehead atoms. The van der Waals surface area contributed by atoms with E-state index in [0.29, 0.717) is 5.92 Å². The van der Waals surface area contributed by atoms with Gasteiger partial charge in [-0.1, -0.05) is 28.1 Å². The van der Waals surface area contributed by atoms with Gasteiger partial charge < -0.3 is 9.72 Å². The zero-order valence-electron chi connectivity index (χ0n) is 15.3. The summed E-state index contributed by atoms with van der Waals surface area (Å²) in [5, 5.41) is 0. The van der Waals surface area contributed by atoms with Gasteiger partial charge in [0.25, 0.3) is 0 Å². The molecule has 6 heteroatoms. The molecule has 1 aliphatic carbocycles. The largest absolute Gasteiger partial charge is 0.444 e. The summed E-state index contributed by atoms with van der Waals surface area (Å²) in [5.74, 6) is 1.32. The van der Waals surface area contributed by atoms with E-state index in [0.717, 1.165) is 40.8 Å². The molecule has 138 valence electrons. The Morgan fingerprint density at radius 1 is 1.27 bits per heavy atom. The first-order valence-electron chi connectivity index (χ1n) is 9.14. The number of nitrogens with zero attached hydrogens (tertiary/aromatic N) is 2. The van der Waals surface area contributed by atoms with Crippen LogP contribution >= 0.6 is 15.9 Å². The first-order chi connectivity index (χ1) is 12.3. The van der Waals surface area contributed by atoms with Crippen LogP contribution in [0.4, 0.5) is 4.79 Å². The van der Waals surface area contributed by atoms with E-state index in [9.17, 15) is 4.79 Å². The number of H-pyrrole nitrogens is 1. The Labute approximate surface area is 162 Å². The minimum Gasteiger partial charge on any atom is -0.444 e. The number of aromatic amines is 1. The predicted octanol–water partition coefficient (Wildman–Crippen LogP) is 5.30. The van der Waals surface area contributed by atoms with Crippen molar-refractivity contribution >= 4 is 22.0 Å². The van der Waals surface area contributed by atoms with E-state index in [-0.39, 0.29) is 18.2 Å². The molecule has 2 heterocycles. The summed E-state index contributed by atoms with van der Waals surface area (Å²) in [7, 11) is 0. The number of aromatic nitrogens is 2. The van der Waals surface area contributed by atoms with E-state index < -0.39 is 5.60 Å². The summed E-state index contributed by atoms with van der Waals surface area (Å²) >= 11 is 3.46. The lowest BCUT2D eigenvalue weighted by Gasteiger charge is -2.35. The molecule has 1 amide bonds. The third-order valence-electron chi connectivity index (χ3n) is 5.22. The molecule has 2 aliphatic rings. The van der Waals surface area contributed by atoms with Crippen molar-refractivity contribution in [3.8, 4) is 11.3 Å². The highest BCUT2D eigenvalue weighted by molar-refractivity contribution is 9.10. The van der Waals surface area contributed by atoms with Crippen LogP contribution < -0.4 is 0 Å². The molecule has 2 fully saturated rings. The smallest absolute Gasteiger partial charge is 0.411 e. The molecule has 1 N–H and O–H groups in total. The molecule has 1 aliphatic heterocycles. The van der Waals surface area contributed by atoms with Crippen molar-refractivity contribution < 1.29 is 9.53 Å². The minimum atomic E-state index is -0.491. The van der Waals surface area contributed by atoms with Gasteiger partial charge in [-0.2, -0.15) is 0 Å². The lowest BCUT2D eigenvalue weighted by Crippen LogP contribution is -2.43. The van der Waals surface area contributed by atoms with Gasteiger partial charge in [0.05, 0.1) is 17.9 Å². The van der Waals surface area contributed by atoms with Crippen LogP contribution in [0.2, 0.25) is 0 Å². The number of fused-ring (bicyclic) bond motifs is 2. The molecule has 5 nitrogen and oxygen atoms in total. The number of nitrogens with one attached hydrogen (secondary N) is 1. The lowest BCUT2D eigenvalue weighted by atomic mass is 9.98. The topological polar surface area (TPSA) is 58.2 Å². The van der Waals surface area contributed by atoms with Crippen molar-refractivity contribution in [2.45, 2.75) is 57.7 Å². The third kappa shape index (κ3) is 3.27. The molecule has 2 unspecified atom stereocenters. The Morgan fingerprint density at radius 3 is 2.69 bits per heavy atom. The second-order valence-electron chi connectivity index (χ2n) is 8.25. The van der Waals surface area contributed by atoms with Gasteiger partial charge in [0.15, 0.2) is 0 Å². The number of hydrogen-bond donors (Lipinski definition) is 1. The zero-order valence-corrected chi connectivity index (χ0v) is 16.9. The Hall–Kier alpha value is -1.82. The van der Waals surface area contributed by atoms with Gasteiger partial charge in [0.2, 0.25) is 0 Å². The molecule has 1 aromatic heterocycles. The summed E-state index contributed by atoms with van der Waals surface area (Å²) in [5.41, 5.74) is 1.56. The second kappa shape index (κ2) is 6.41. The van der Waals surface area contributed by atoms with E-state index in [1.165, 1.54) is 0 Å². The predicted molar refractivity (Wildman–Crippen MR) is 104 cm³/mol. The summed E-state index contributed by atoms with van der Waals surface area (Å²) in [6, 6.07) is 8.37. The van der Waals surface area contributed by atoms with Crippen LogP contribution in [0.25, 0.3) is 11.3 Å². The van der Waals surface area contributed by atoms with Gasteiger partial charge in [0.1, 0.15) is 11.4 Å². The van der Waals surface area contributed by atoms with Crippen LogP contribution in [0, 0.1) is 5.92 Å². The highest BCUT2D eigenvalue weighted by Crippen LogP contribution is 2.50. The van der Waals surface area contributed by atoms with E-state index >= 15 is 0 Å². The molecular weight excluding hydrogens is 394 g/mol. The number of amides is 1. The highest BCUT2D eigenvalue weighted by Gasteiger charge is 2.51. The first kappa shape index (κ1) is 17.6. The third-order valence-corrected chi connectivity index (χ3v) is 5.75. The van der Waals surface area contributed by atoms with Gasteiger partial charge in [0, 0.05) is 10.5 Å². The van der Waals surface area contributed by atoms with Crippen molar-refractivity contribution in [1.82, 2.24) is 14.9 Å². The molecule has 0 radical (unpaired) electrons. The molecule has 1 saturated carbocycles. The number of likely N-dealkylation sites (tertiary alicyclic amines) is 1. The number of benzene rings is 1. The van der Waals surface area contributed by atoms with Gasteiger partial charge in [-0.3, -0.25) is 4.90 Å². The van der Waals surface area contributed by atoms with Gasteiger partial charge in [-0.15, -0.1) is 0 Å². The summed E-state index contributed by atoms with van der Waals surface area (Å²) < 4.78 is 6.72. The molecule has 1 saturated heterocycles. The minimum absolute atomic E-state index is 0.0206. The molecule has 26 heavy (non-hydrogen) atoms. The molecule has 1 aromatic carbocycles. The van der Waals surface area contributed by atoms with Gasteiger partial charge in [-0.25, -0.2) is 9.78 Å². The van der Waals surface area contributed by atoms with Crippen molar-refractivity contribution in [2.75, 3.05) is 0 Å². The van der Waals surface area contributed by atoms with Crippen molar-refractivity contribution in [2.24, 2.45) is 5.92 Å². The molecule has 0 spiro atoms. The number of carbonyl (C=O) groups is 1. The van der Waals surface area contributed by atoms with Crippen molar-refractivity contribution in [1.29, 1.82) is 0 Å². The first-order valence-corrected chi connectivity index (χ1v) is 9.93. The van der Waals surface area contributed by atoms with E-state index in [2.05, 4.69) is 25.9 Å². The normalized spacial score (nSPS) is 24.9. The van der Waals surface area contributed by atoms with Crippen LogP contribution in [-0.2, 0) is 4.74 Å². The summed E-state index contributed by atoms with van der Waals surface area (Å²) in [6.45, 7) is 5.73. The maximum absolute atomic E-state index is 12.8. The lowest BCUT2D eigenvalue weighted by molar-refractivity contribution is 0.00620. The van der Waals surface area contributed by atoms with E-state index in [1.807, 2.05) is 56.1 Å². The van der Waals surface area contributed by atoms with E-state index in [4.69, 9.17) is 4.74 Å². The number of ether oxygens (including phenoxy) is 1. The number of imidazole rings is 1. The second-order valence-corrected chi connectivity index (χ2v) is 9.16. The van der Waals surface area contributed by atoms with Gasteiger partial charge in [-0.05, 0) is 63.6 Å². The fourth-order valence-electron chi connectivity index (χ4n) is 4.18. The number of carbonyl (C=O) groups excluding carboxylic acids is 1. The van der Waals surface area contributed by atoms with Crippen LogP contribution in [0.5, 0.6) is 0 Å². The highest BCUT2D eigenvalue weighted by atomic mass is 79.9. The van der Waals surface area contributed by atoms with Crippen LogP contribution in [0.1, 0.15) is 51.9 Å². The van der Waals surface area contributed by atoms with Crippen LogP contribution in [0.3, 0.4) is 0 Å². The molecule has 3 atom stereocenters. The standard InChI is InChI=1S/C20H24BrN3O2/c1-20(2,3)26-19(25)24-15-9-6-13(10-15)17(24)18-22-11-16(23-18)12-4-7-14(21)8-5-12/h4-5,7-8,11,13,15,17H,6,9-10H2,1-3H3,(H,22,23)/t13?,15?,17-/m0/s1. The fourth-order valence-corrected chi connectivity index (χ4v) is 4.44. The van der Waals surface area contributed by atoms with E-state index in [1.54, 1.807) is 0 Å². The fraction of sp³-hybridized carbons (Fsp3) is 0.500. The van der Waals surface area contributed by atoms with Crippen molar-refractivity contribution in [3.05, 3.63) is 40.8 Å². The average Bonchev–Trinajstić information content (AvgIpc) is 3.28. The maximum Gasteiger partial charge on any atom is 0.411 e. The van der Waals surface area contributed by atoms with Crippen LogP contribution in [0.15, 0.2) is 34.9 Å². The number of hydrogen-bond acceptors (Lipinski definition) is 3. The monoisotopic (exact) mass is 417 g/mol. The molecular formula is C20H24BrN3O2. The Balaban J connectivity index is 1.61. The average molecular weight is 418 g/mol. The Morgan fingerprint density at radius 2 is 2.00 bits per heavy atom. The number of halogens is 1. The number of piperidine rings is 1. The maximum atomic E-state index is 12.8. The Kier molecular flexibility index (Phi) is 4.34.